The second-order valence-electron chi connectivity index (χ2n) is 6.81. The number of furan rings is 1. The highest BCUT2D eigenvalue weighted by Gasteiger charge is 2.21. The van der Waals surface area contributed by atoms with E-state index in [-0.39, 0.29) is 17.5 Å². The van der Waals surface area contributed by atoms with Crippen molar-refractivity contribution in [1.82, 2.24) is 20.4 Å². The van der Waals surface area contributed by atoms with E-state index in [1.54, 1.807) is 31.2 Å². The van der Waals surface area contributed by atoms with Crippen molar-refractivity contribution in [2.24, 2.45) is 0 Å². The monoisotopic (exact) mass is 434 g/mol. The maximum absolute atomic E-state index is 13.1. The number of nitrogens with one attached hydrogen (secondary N) is 1. The second kappa shape index (κ2) is 7.77. The normalized spacial score (nSPS) is 12.2. The van der Waals surface area contributed by atoms with Gasteiger partial charge < -0.3 is 14.3 Å². The lowest BCUT2D eigenvalue weighted by Gasteiger charge is -2.07. The third-order valence-corrected chi connectivity index (χ3v) is 5.65. The first-order valence-corrected chi connectivity index (χ1v) is 10.2. The van der Waals surface area contributed by atoms with Crippen LogP contribution in [-0.2, 0) is 0 Å². The van der Waals surface area contributed by atoms with Crippen molar-refractivity contribution in [2.75, 3.05) is 0 Å². The van der Waals surface area contributed by atoms with Crippen molar-refractivity contribution in [1.29, 1.82) is 0 Å². The van der Waals surface area contributed by atoms with Gasteiger partial charge in [0.2, 0.25) is 11.7 Å². The molecule has 9 heteroatoms. The molecule has 0 radical (unpaired) electrons. The molecule has 1 atom stereocenters. The van der Waals surface area contributed by atoms with Crippen molar-refractivity contribution in [2.45, 2.75) is 13.0 Å². The van der Waals surface area contributed by atoms with Gasteiger partial charge in [0.25, 0.3) is 5.91 Å². The number of hydrogen-bond donors (Lipinski definition) is 1. The summed E-state index contributed by atoms with van der Waals surface area (Å²) in [5.74, 6) is 0.450. The molecule has 1 unspecified atom stereocenters. The first-order valence-electron chi connectivity index (χ1n) is 9.43. The minimum Gasteiger partial charge on any atom is -0.448 e. The highest BCUT2D eigenvalue weighted by molar-refractivity contribution is 7.21. The van der Waals surface area contributed by atoms with Crippen molar-refractivity contribution < 1.29 is 18.1 Å². The molecular weight excluding hydrogens is 419 g/mol. The zero-order valence-electron chi connectivity index (χ0n) is 16.2. The lowest BCUT2D eigenvalue weighted by atomic mass is 10.2. The van der Waals surface area contributed by atoms with Gasteiger partial charge in [-0.3, -0.25) is 4.79 Å². The lowest BCUT2D eigenvalue weighted by Crippen LogP contribution is -2.26. The SMILES string of the molecule is CC(NC(=O)c1ccc(-c2nc3ccccc3s2)o1)c1nc(-c2ccc(F)cc2)no1. The van der Waals surface area contributed by atoms with Gasteiger partial charge in [-0.1, -0.05) is 17.3 Å². The highest BCUT2D eigenvalue weighted by Crippen LogP contribution is 2.31. The van der Waals surface area contributed by atoms with E-state index in [9.17, 15) is 9.18 Å². The predicted molar refractivity (Wildman–Crippen MR) is 113 cm³/mol. The zero-order chi connectivity index (χ0) is 21.4. The number of benzene rings is 2. The molecule has 5 aromatic rings. The molecule has 0 spiro atoms. The quantitative estimate of drug-likeness (QED) is 0.407. The number of thiazole rings is 1. The van der Waals surface area contributed by atoms with Gasteiger partial charge in [0, 0.05) is 5.56 Å². The topological polar surface area (TPSA) is 94.1 Å². The van der Waals surface area contributed by atoms with E-state index in [4.69, 9.17) is 8.94 Å². The summed E-state index contributed by atoms with van der Waals surface area (Å²) in [5, 5.41) is 7.37. The molecular formula is C22H15FN4O3S. The van der Waals surface area contributed by atoms with E-state index < -0.39 is 11.9 Å². The fraction of sp³-hybridized carbons (Fsp3) is 0.0909. The van der Waals surface area contributed by atoms with Crippen LogP contribution in [0.5, 0.6) is 0 Å². The van der Waals surface area contributed by atoms with Gasteiger partial charge in [-0.15, -0.1) is 11.3 Å². The maximum atomic E-state index is 13.1. The average Bonchev–Trinajstić information content (AvgIpc) is 3.52. The van der Waals surface area contributed by atoms with E-state index in [1.165, 1.54) is 23.5 Å². The molecule has 0 fully saturated rings. The van der Waals surface area contributed by atoms with E-state index in [0.29, 0.717) is 22.2 Å². The van der Waals surface area contributed by atoms with Crippen LogP contribution in [0.25, 0.3) is 32.4 Å². The van der Waals surface area contributed by atoms with Crippen molar-refractivity contribution in [3.63, 3.8) is 0 Å². The Morgan fingerprint density at radius 1 is 1.06 bits per heavy atom. The molecule has 1 amide bonds. The number of rotatable bonds is 5. The fourth-order valence-electron chi connectivity index (χ4n) is 3.01. The molecule has 0 aliphatic heterocycles. The molecule has 2 aromatic carbocycles. The van der Waals surface area contributed by atoms with E-state index in [2.05, 4.69) is 20.4 Å². The van der Waals surface area contributed by atoms with Gasteiger partial charge in [-0.25, -0.2) is 9.37 Å². The number of aromatic nitrogens is 3. The number of para-hydroxylation sites is 1. The summed E-state index contributed by atoms with van der Waals surface area (Å²) in [6.07, 6.45) is 0. The van der Waals surface area contributed by atoms with Gasteiger partial charge >= 0.3 is 0 Å². The van der Waals surface area contributed by atoms with Crippen LogP contribution < -0.4 is 5.32 Å². The van der Waals surface area contributed by atoms with E-state index >= 15 is 0 Å². The molecule has 154 valence electrons. The Balaban J connectivity index is 1.29. The molecule has 0 bridgehead atoms. The Morgan fingerprint density at radius 2 is 1.87 bits per heavy atom. The number of fused-ring (bicyclic) bond motifs is 1. The fourth-order valence-corrected chi connectivity index (χ4v) is 3.94. The number of halogens is 1. The largest absolute Gasteiger partial charge is 0.448 e. The van der Waals surface area contributed by atoms with Gasteiger partial charge in [0.1, 0.15) is 11.9 Å². The summed E-state index contributed by atoms with van der Waals surface area (Å²) in [6, 6.07) is 16.3. The molecule has 31 heavy (non-hydrogen) atoms. The minimum absolute atomic E-state index is 0.152. The zero-order valence-corrected chi connectivity index (χ0v) is 17.0. The third kappa shape index (κ3) is 3.82. The second-order valence-corrected chi connectivity index (χ2v) is 7.84. The summed E-state index contributed by atoms with van der Waals surface area (Å²) in [7, 11) is 0. The summed E-state index contributed by atoms with van der Waals surface area (Å²) < 4.78 is 25.1. The van der Waals surface area contributed by atoms with Crippen LogP contribution in [0, 0.1) is 5.82 Å². The van der Waals surface area contributed by atoms with E-state index in [1.807, 2.05) is 24.3 Å². The molecule has 0 aliphatic carbocycles. The van der Waals surface area contributed by atoms with E-state index in [0.717, 1.165) is 10.2 Å². The Labute approximate surface area is 179 Å². The average molecular weight is 434 g/mol. The number of carbonyl (C=O) groups is 1. The third-order valence-electron chi connectivity index (χ3n) is 4.60. The summed E-state index contributed by atoms with van der Waals surface area (Å²) >= 11 is 1.49. The van der Waals surface area contributed by atoms with Crippen LogP contribution in [0.3, 0.4) is 0 Å². The molecule has 1 N–H and O–H groups in total. The smallest absolute Gasteiger partial charge is 0.287 e. The van der Waals surface area contributed by atoms with Crippen LogP contribution in [0.1, 0.15) is 29.4 Å². The molecule has 0 saturated carbocycles. The van der Waals surface area contributed by atoms with Crippen molar-refractivity contribution in [3.8, 4) is 22.2 Å². The van der Waals surface area contributed by atoms with Gasteiger partial charge in [-0.2, -0.15) is 4.98 Å². The summed E-state index contributed by atoms with van der Waals surface area (Å²) in [6.45, 7) is 1.72. The standard InChI is InChI=1S/C22H15FN4O3S/c1-12(21-26-19(27-30-21)13-6-8-14(23)9-7-13)24-20(28)16-10-11-17(29-16)22-25-15-4-2-3-5-18(15)31-22/h2-12H,1H3,(H,24,28). The maximum Gasteiger partial charge on any atom is 0.287 e. The predicted octanol–water partition coefficient (Wildman–Crippen LogP) is 5.24. The van der Waals surface area contributed by atoms with Crippen molar-refractivity contribution in [3.05, 3.63) is 78.1 Å². The Kier molecular flexibility index (Phi) is 4.79. The lowest BCUT2D eigenvalue weighted by molar-refractivity contribution is 0.0905. The van der Waals surface area contributed by atoms with Gasteiger partial charge in [0.05, 0.1) is 10.2 Å². The molecule has 0 aliphatic rings. The minimum atomic E-state index is -0.551. The Hall–Kier alpha value is -3.85. The molecule has 5 rings (SSSR count). The summed E-state index contributed by atoms with van der Waals surface area (Å²) in [5.41, 5.74) is 1.49. The highest BCUT2D eigenvalue weighted by atomic mass is 32.1. The molecule has 7 nitrogen and oxygen atoms in total. The van der Waals surface area contributed by atoms with Crippen LogP contribution in [0.4, 0.5) is 4.39 Å². The Morgan fingerprint density at radius 3 is 2.68 bits per heavy atom. The van der Waals surface area contributed by atoms with Crippen LogP contribution >= 0.6 is 11.3 Å². The first-order chi connectivity index (χ1) is 15.1. The van der Waals surface area contributed by atoms with Gasteiger partial charge in [0.15, 0.2) is 16.5 Å². The number of amides is 1. The number of carbonyl (C=O) groups excluding carboxylic acids is 1. The van der Waals surface area contributed by atoms with Crippen molar-refractivity contribution >= 4 is 27.5 Å². The first kappa shape index (κ1) is 19.1. The van der Waals surface area contributed by atoms with Crippen LogP contribution in [-0.4, -0.2) is 21.0 Å². The number of hydrogen-bond acceptors (Lipinski definition) is 7. The molecule has 3 aromatic heterocycles. The van der Waals surface area contributed by atoms with Gasteiger partial charge in [-0.05, 0) is 55.5 Å². The molecule has 0 saturated heterocycles. The Bertz CT molecular complexity index is 1340. The molecule has 3 heterocycles. The van der Waals surface area contributed by atoms with Crippen LogP contribution in [0.2, 0.25) is 0 Å². The van der Waals surface area contributed by atoms with Crippen LogP contribution in [0.15, 0.2) is 69.6 Å². The number of nitrogens with zero attached hydrogens (tertiary/aromatic N) is 3. The summed E-state index contributed by atoms with van der Waals surface area (Å²) in [4.78, 5) is 21.4.